The van der Waals surface area contributed by atoms with Crippen LogP contribution in [0.1, 0.15) is 12.0 Å². The predicted molar refractivity (Wildman–Crippen MR) is 84.6 cm³/mol. The normalized spacial score (nSPS) is 21.9. The van der Waals surface area contributed by atoms with E-state index >= 15 is 0 Å². The molecule has 0 radical (unpaired) electrons. The van der Waals surface area contributed by atoms with Crippen molar-refractivity contribution in [2.45, 2.75) is 30.4 Å². The van der Waals surface area contributed by atoms with Crippen LogP contribution >= 0.6 is 24.2 Å². The van der Waals surface area contributed by atoms with Crippen LogP contribution in [0.3, 0.4) is 0 Å². The number of thioether (sulfide) groups is 1. The minimum Gasteiger partial charge on any atom is -0.390 e. The van der Waals surface area contributed by atoms with Gasteiger partial charge in [0.1, 0.15) is 0 Å². The Labute approximate surface area is 130 Å². The monoisotopic (exact) mass is 316 g/mol. The van der Waals surface area contributed by atoms with E-state index in [1.807, 2.05) is 31.2 Å². The topological polar surface area (TPSA) is 61.4 Å². The van der Waals surface area contributed by atoms with Crippen molar-refractivity contribution in [1.82, 2.24) is 10.6 Å². The molecule has 20 heavy (non-hydrogen) atoms. The average molecular weight is 317 g/mol. The maximum atomic E-state index is 11.9. The molecule has 4 nitrogen and oxygen atoms in total. The zero-order valence-corrected chi connectivity index (χ0v) is 13.1. The van der Waals surface area contributed by atoms with Crippen LogP contribution in [0.4, 0.5) is 0 Å². The smallest absolute Gasteiger partial charge is 0.230 e. The molecule has 0 saturated carbocycles. The van der Waals surface area contributed by atoms with Crippen LogP contribution < -0.4 is 10.6 Å². The molecule has 3 N–H and O–H groups in total. The van der Waals surface area contributed by atoms with Crippen molar-refractivity contribution < 1.29 is 9.90 Å². The van der Waals surface area contributed by atoms with E-state index in [-0.39, 0.29) is 24.4 Å². The number of rotatable bonds is 4. The summed E-state index contributed by atoms with van der Waals surface area (Å²) in [7, 11) is 0. The number of aliphatic hydroxyl groups excluding tert-OH is 1. The third-order valence-electron chi connectivity index (χ3n) is 3.25. The van der Waals surface area contributed by atoms with Crippen LogP contribution in [0, 0.1) is 6.92 Å². The van der Waals surface area contributed by atoms with Crippen LogP contribution in [0.5, 0.6) is 0 Å². The lowest BCUT2D eigenvalue weighted by atomic mass is 10.0. The summed E-state index contributed by atoms with van der Waals surface area (Å²) in [6.07, 6.45) is 0.295. The zero-order chi connectivity index (χ0) is 13.7. The number of amides is 1. The van der Waals surface area contributed by atoms with Gasteiger partial charge in [-0.15, -0.1) is 24.2 Å². The molecule has 0 bridgehead atoms. The highest BCUT2D eigenvalue weighted by Crippen LogP contribution is 2.21. The van der Waals surface area contributed by atoms with E-state index in [0.717, 1.165) is 17.9 Å². The maximum Gasteiger partial charge on any atom is 0.230 e. The molecule has 1 amide bonds. The molecule has 0 aromatic heterocycles. The van der Waals surface area contributed by atoms with Crippen LogP contribution in [0.25, 0.3) is 0 Å². The fourth-order valence-corrected chi connectivity index (χ4v) is 2.96. The fourth-order valence-electron chi connectivity index (χ4n) is 2.12. The van der Waals surface area contributed by atoms with E-state index in [2.05, 4.69) is 10.6 Å². The molecule has 1 saturated heterocycles. The zero-order valence-electron chi connectivity index (χ0n) is 11.5. The molecule has 0 unspecified atom stereocenters. The van der Waals surface area contributed by atoms with Gasteiger partial charge in [0.05, 0.1) is 17.9 Å². The highest BCUT2D eigenvalue weighted by Gasteiger charge is 2.24. The van der Waals surface area contributed by atoms with Gasteiger partial charge in [-0.25, -0.2) is 0 Å². The molecule has 1 aliphatic heterocycles. The number of β-amino-alcohol motifs (C(OH)–C–C–N with tert-alkyl or cyclic N) is 1. The molecule has 1 heterocycles. The Bertz CT molecular complexity index is 445. The number of aryl methyl sites for hydroxylation is 1. The molecule has 2 atom stereocenters. The summed E-state index contributed by atoms with van der Waals surface area (Å²) in [5.41, 5.74) is 1.18. The van der Waals surface area contributed by atoms with Crippen molar-refractivity contribution >= 4 is 30.1 Å². The number of aliphatic hydroxyl groups is 1. The predicted octanol–water partition coefficient (Wildman–Crippen LogP) is 1.35. The largest absolute Gasteiger partial charge is 0.390 e. The second-order valence-corrected chi connectivity index (χ2v) is 5.81. The lowest BCUT2D eigenvalue weighted by Gasteiger charge is -2.29. The number of hydrogen-bond donors (Lipinski definition) is 3. The summed E-state index contributed by atoms with van der Waals surface area (Å²) in [4.78, 5) is 13.0. The van der Waals surface area contributed by atoms with Gasteiger partial charge in [0.2, 0.25) is 5.91 Å². The summed E-state index contributed by atoms with van der Waals surface area (Å²) in [6.45, 7) is 3.43. The second kappa shape index (κ2) is 8.52. The molecule has 2 rings (SSSR count). The van der Waals surface area contributed by atoms with Crippen LogP contribution in [-0.2, 0) is 4.79 Å². The second-order valence-electron chi connectivity index (χ2n) is 4.79. The van der Waals surface area contributed by atoms with Gasteiger partial charge in [-0.1, -0.05) is 18.2 Å². The van der Waals surface area contributed by atoms with E-state index in [4.69, 9.17) is 0 Å². The number of benzene rings is 1. The van der Waals surface area contributed by atoms with Gasteiger partial charge in [0, 0.05) is 11.4 Å². The minimum atomic E-state index is -0.485. The van der Waals surface area contributed by atoms with E-state index in [0.29, 0.717) is 12.3 Å². The Morgan fingerprint density at radius 1 is 1.50 bits per heavy atom. The molecule has 1 aromatic rings. The van der Waals surface area contributed by atoms with Crippen molar-refractivity contribution in [3.05, 3.63) is 29.8 Å². The number of carbonyl (C=O) groups is 1. The van der Waals surface area contributed by atoms with Crippen molar-refractivity contribution in [2.24, 2.45) is 0 Å². The number of hydrogen-bond acceptors (Lipinski definition) is 4. The molecule has 1 aliphatic rings. The minimum absolute atomic E-state index is 0. The molecular weight excluding hydrogens is 296 g/mol. The maximum absolute atomic E-state index is 11.9. The first-order valence-electron chi connectivity index (χ1n) is 6.53. The van der Waals surface area contributed by atoms with Crippen molar-refractivity contribution in [1.29, 1.82) is 0 Å². The molecule has 6 heteroatoms. The molecule has 0 aliphatic carbocycles. The van der Waals surface area contributed by atoms with Gasteiger partial charge in [0.15, 0.2) is 0 Å². The highest BCUT2D eigenvalue weighted by atomic mass is 35.5. The summed E-state index contributed by atoms with van der Waals surface area (Å²) in [5, 5.41) is 15.8. The van der Waals surface area contributed by atoms with Gasteiger partial charge in [-0.05, 0) is 31.5 Å². The van der Waals surface area contributed by atoms with Crippen LogP contribution in [0.2, 0.25) is 0 Å². The summed E-state index contributed by atoms with van der Waals surface area (Å²) in [6, 6.07) is 7.91. The lowest BCUT2D eigenvalue weighted by Crippen LogP contribution is -2.53. The Morgan fingerprint density at radius 2 is 2.25 bits per heavy atom. The summed E-state index contributed by atoms with van der Waals surface area (Å²) >= 11 is 1.54. The summed E-state index contributed by atoms with van der Waals surface area (Å²) in [5.74, 6) is 0.376. The Balaban J connectivity index is 0.00000200. The Morgan fingerprint density at radius 3 is 2.95 bits per heavy atom. The first kappa shape index (κ1) is 17.3. The number of piperidine rings is 1. The van der Waals surface area contributed by atoms with E-state index in [1.165, 1.54) is 17.3 Å². The highest BCUT2D eigenvalue weighted by molar-refractivity contribution is 8.00. The summed E-state index contributed by atoms with van der Waals surface area (Å²) < 4.78 is 0. The van der Waals surface area contributed by atoms with Gasteiger partial charge >= 0.3 is 0 Å². The van der Waals surface area contributed by atoms with Crippen molar-refractivity contribution in [2.75, 3.05) is 18.8 Å². The van der Waals surface area contributed by atoms with Gasteiger partial charge in [-0.2, -0.15) is 0 Å². The third kappa shape index (κ3) is 4.98. The fraction of sp³-hybridized carbons (Fsp3) is 0.500. The van der Waals surface area contributed by atoms with E-state index in [9.17, 15) is 9.90 Å². The van der Waals surface area contributed by atoms with Crippen LogP contribution in [-0.4, -0.2) is 42.0 Å². The van der Waals surface area contributed by atoms with E-state index < -0.39 is 6.10 Å². The number of carbonyl (C=O) groups excluding carboxylic acids is 1. The lowest BCUT2D eigenvalue weighted by molar-refractivity contribution is -0.120. The number of nitrogens with one attached hydrogen (secondary N) is 2. The van der Waals surface area contributed by atoms with Gasteiger partial charge in [0.25, 0.3) is 0 Å². The molecule has 0 spiro atoms. The van der Waals surface area contributed by atoms with E-state index in [1.54, 1.807) is 0 Å². The van der Waals surface area contributed by atoms with Crippen molar-refractivity contribution in [3.8, 4) is 0 Å². The standard InChI is InChI=1S/C14H20N2O2S.ClH/c1-10-4-2-3-5-13(10)19-9-14(18)16-11-6-7-15-8-12(11)17;/h2-5,11-12,15,17H,6-9H2,1H3,(H,16,18);1H/t11-,12-;/m1./s1. The SMILES string of the molecule is Cc1ccccc1SCC(=O)N[C@@H]1CCNC[C@H]1O.Cl. The average Bonchev–Trinajstić information content (AvgIpc) is 2.40. The Kier molecular flexibility index (Phi) is 7.37. The first-order valence-corrected chi connectivity index (χ1v) is 7.52. The third-order valence-corrected chi connectivity index (χ3v) is 4.42. The quantitative estimate of drug-likeness (QED) is 0.734. The van der Waals surface area contributed by atoms with Gasteiger partial charge < -0.3 is 15.7 Å². The molecular formula is C14H21ClN2O2S. The van der Waals surface area contributed by atoms with Crippen molar-refractivity contribution in [3.63, 3.8) is 0 Å². The molecule has 112 valence electrons. The first-order chi connectivity index (χ1) is 9.16. The molecule has 1 aromatic carbocycles. The molecule has 1 fully saturated rings. The number of halogens is 1. The van der Waals surface area contributed by atoms with Gasteiger partial charge in [-0.3, -0.25) is 4.79 Å². The Hall–Kier alpha value is -0.750. The van der Waals surface area contributed by atoms with Crippen LogP contribution in [0.15, 0.2) is 29.2 Å².